The first kappa shape index (κ1) is 24.3. The number of methoxy groups -OCH3 is 1. The fraction of sp³-hybridized carbons (Fsp3) is 0.238. The van der Waals surface area contributed by atoms with Crippen LogP contribution in [0.4, 0.5) is 10.8 Å². The molecule has 0 spiro atoms. The molecule has 0 saturated heterocycles. The number of halogens is 1. The zero-order valence-electron chi connectivity index (χ0n) is 17.3. The maximum atomic E-state index is 13.0. The maximum absolute atomic E-state index is 13.0. The van der Waals surface area contributed by atoms with Gasteiger partial charge in [-0.2, -0.15) is 0 Å². The lowest BCUT2D eigenvalue weighted by Crippen LogP contribution is -2.35. The van der Waals surface area contributed by atoms with Crippen molar-refractivity contribution in [3.05, 3.63) is 64.2 Å². The van der Waals surface area contributed by atoms with Gasteiger partial charge in [0.1, 0.15) is 5.75 Å². The van der Waals surface area contributed by atoms with Crippen molar-refractivity contribution in [1.82, 2.24) is 9.88 Å². The van der Waals surface area contributed by atoms with Crippen molar-refractivity contribution in [2.75, 3.05) is 39.2 Å². The number of anilines is 1. The summed E-state index contributed by atoms with van der Waals surface area (Å²) in [7, 11) is 5.50. The zero-order chi connectivity index (χ0) is 21.7. The summed E-state index contributed by atoms with van der Waals surface area (Å²) < 4.78 is 6.20. The van der Waals surface area contributed by atoms with Crippen LogP contribution in [0.25, 0.3) is 16.3 Å². The number of benzene rings is 2. The number of carbonyl (C=O) groups is 1. The number of hydrogen-bond acceptors (Lipinski definition) is 7. The topological polar surface area (TPSA) is 88.8 Å². The van der Waals surface area contributed by atoms with Gasteiger partial charge in [0, 0.05) is 31.3 Å². The predicted molar refractivity (Wildman–Crippen MR) is 126 cm³/mol. The maximum Gasteiger partial charge on any atom is 0.269 e. The van der Waals surface area contributed by atoms with Crippen LogP contribution in [0.5, 0.6) is 5.75 Å². The Balaban J connectivity index is 0.00000341. The molecule has 164 valence electrons. The Hall–Kier alpha value is -3.01. The summed E-state index contributed by atoms with van der Waals surface area (Å²) in [6, 6.07) is 11.6. The standard InChI is InChI=1S/C21H22N4O4S.ClH/c1-23(2)12-13-24(21-22-18-10-9-17(29-3)14-19(18)30-21)20(26)11-6-15-4-7-16(8-5-15)25(27)28;/h4-11,14H,12-13H2,1-3H3;1H/b11-6-;. The molecule has 0 aliphatic carbocycles. The summed E-state index contributed by atoms with van der Waals surface area (Å²) in [4.78, 5) is 31.5. The third kappa shape index (κ3) is 6.24. The number of hydrogen-bond donors (Lipinski definition) is 0. The molecule has 0 unspecified atom stereocenters. The Morgan fingerprint density at radius 3 is 2.52 bits per heavy atom. The van der Waals surface area contributed by atoms with E-state index in [1.54, 1.807) is 30.2 Å². The minimum atomic E-state index is -0.455. The molecule has 0 aliphatic rings. The lowest BCUT2D eigenvalue weighted by molar-refractivity contribution is -0.384. The van der Waals surface area contributed by atoms with Crippen molar-refractivity contribution in [2.24, 2.45) is 0 Å². The fourth-order valence-electron chi connectivity index (χ4n) is 2.70. The molecule has 8 nitrogen and oxygen atoms in total. The van der Waals surface area contributed by atoms with Crippen molar-refractivity contribution >= 4 is 56.8 Å². The predicted octanol–water partition coefficient (Wildman–Crippen LogP) is 4.24. The van der Waals surface area contributed by atoms with Crippen LogP contribution in [0.2, 0.25) is 0 Å². The number of rotatable bonds is 8. The van der Waals surface area contributed by atoms with E-state index in [4.69, 9.17) is 4.74 Å². The number of non-ortho nitro benzene ring substituents is 1. The average Bonchev–Trinajstić information content (AvgIpc) is 3.15. The Labute approximate surface area is 190 Å². The number of aromatic nitrogens is 1. The number of amides is 1. The number of likely N-dealkylation sites (N-methyl/N-ethyl adjacent to an activating group) is 1. The van der Waals surface area contributed by atoms with Crippen LogP contribution in [0.3, 0.4) is 0 Å². The van der Waals surface area contributed by atoms with Gasteiger partial charge < -0.3 is 9.64 Å². The van der Waals surface area contributed by atoms with Gasteiger partial charge in [0.05, 0.1) is 22.2 Å². The first-order valence-electron chi connectivity index (χ1n) is 9.20. The van der Waals surface area contributed by atoms with Gasteiger partial charge in [0.15, 0.2) is 5.13 Å². The monoisotopic (exact) mass is 462 g/mol. The number of nitro groups is 1. The van der Waals surface area contributed by atoms with E-state index in [0.717, 1.165) is 16.0 Å². The number of carbonyl (C=O) groups excluding carboxylic acids is 1. The van der Waals surface area contributed by atoms with Crippen molar-refractivity contribution in [3.8, 4) is 5.75 Å². The molecule has 0 radical (unpaired) electrons. The van der Waals surface area contributed by atoms with Crippen molar-refractivity contribution in [1.29, 1.82) is 0 Å². The molecule has 3 aromatic rings. The molecule has 0 aliphatic heterocycles. The number of thiazole rings is 1. The van der Waals surface area contributed by atoms with E-state index in [9.17, 15) is 14.9 Å². The van der Waals surface area contributed by atoms with Crippen LogP contribution in [0, 0.1) is 10.1 Å². The third-order valence-corrected chi connectivity index (χ3v) is 5.42. The van der Waals surface area contributed by atoms with Crippen molar-refractivity contribution < 1.29 is 14.5 Å². The van der Waals surface area contributed by atoms with Crippen molar-refractivity contribution in [2.45, 2.75) is 0 Å². The van der Waals surface area contributed by atoms with Gasteiger partial charge in [0.2, 0.25) is 0 Å². The smallest absolute Gasteiger partial charge is 0.269 e. The average molecular weight is 463 g/mol. The molecule has 31 heavy (non-hydrogen) atoms. The number of fused-ring (bicyclic) bond motifs is 1. The van der Waals surface area contributed by atoms with Crippen LogP contribution < -0.4 is 9.64 Å². The second kappa shape index (κ2) is 10.9. The summed E-state index contributed by atoms with van der Waals surface area (Å²) in [6.07, 6.45) is 3.11. The lowest BCUT2D eigenvalue weighted by atomic mass is 10.2. The summed E-state index contributed by atoms with van der Waals surface area (Å²) >= 11 is 1.43. The largest absolute Gasteiger partial charge is 0.497 e. The van der Waals surface area contributed by atoms with Crippen molar-refractivity contribution in [3.63, 3.8) is 0 Å². The molecule has 1 heterocycles. The molecule has 1 aromatic heterocycles. The lowest BCUT2D eigenvalue weighted by Gasteiger charge is -2.20. The molecule has 0 saturated carbocycles. The molecule has 10 heteroatoms. The molecule has 1 amide bonds. The molecular weight excluding hydrogens is 440 g/mol. The second-order valence-corrected chi connectivity index (χ2v) is 7.81. The normalized spacial score (nSPS) is 11.0. The van der Waals surface area contributed by atoms with Crippen LogP contribution >= 0.6 is 23.7 Å². The van der Waals surface area contributed by atoms with Gasteiger partial charge in [-0.1, -0.05) is 11.3 Å². The van der Waals surface area contributed by atoms with Gasteiger partial charge in [-0.3, -0.25) is 19.8 Å². The van der Waals surface area contributed by atoms with Gasteiger partial charge in [0.25, 0.3) is 11.6 Å². The van der Waals surface area contributed by atoms with Crippen LogP contribution in [0.15, 0.2) is 48.5 Å². The Bertz CT molecular complexity index is 1080. The van der Waals surface area contributed by atoms with Gasteiger partial charge in [-0.15, -0.1) is 12.4 Å². The SMILES string of the molecule is COc1ccc2nc(N(CCN(C)C)C(=O)/C=C\c3ccc([N+](=O)[O-])cc3)sc2c1.Cl. The molecule has 0 atom stereocenters. The Morgan fingerprint density at radius 1 is 1.19 bits per heavy atom. The third-order valence-electron chi connectivity index (χ3n) is 4.37. The van der Waals surface area contributed by atoms with E-state index in [1.165, 1.54) is 29.5 Å². The van der Waals surface area contributed by atoms with E-state index in [-0.39, 0.29) is 24.0 Å². The fourth-order valence-corrected chi connectivity index (χ4v) is 3.73. The summed E-state index contributed by atoms with van der Waals surface area (Å²) in [6.45, 7) is 1.16. The quantitative estimate of drug-likeness (QED) is 0.282. The number of nitro benzene ring substituents is 1. The molecule has 3 rings (SSSR count). The first-order valence-corrected chi connectivity index (χ1v) is 10.0. The van der Waals surface area contributed by atoms with Gasteiger partial charge in [-0.05, 0) is 56.1 Å². The van der Waals surface area contributed by atoms with Gasteiger partial charge >= 0.3 is 0 Å². The van der Waals surface area contributed by atoms with E-state index >= 15 is 0 Å². The Morgan fingerprint density at radius 2 is 1.90 bits per heavy atom. The Kier molecular flexibility index (Phi) is 8.49. The van der Waals surface area contributed by atoms with Gasteiger partial charge in [-0.25, -0.2) is 4.98 Å². The molecule has 0 N–H and O–H groups in total. The van der Waals surface area contributed by atoms with Crippen LogP contribution in [0.1, 0.15) is 5.56 Å². The highest BCUT2D eigenvalue weighted by atomic mass is 35.5. The number of ether oxygens (including phenoxy) is 1. The first-order chi connectivity index (χ1) is 14.4. The highest BCUT2D eigenvalue weighted by Gasteiger charge is 2.18. The minimum Gasteiger partial charge on any atom is -0.497 e. The molecule has 2 aromatic carbocycles. The van der Waals surface area contributed by atoms with E-state index in [2.05, 4.69) is 4.98 Å². The number of nitrogens with zero attached hydrogens (tertiary/aromatic N) is 4. The highest BCUT2D eigenvalue weighted by Crippen LogP contribution is 2.31. The summed E-state index contributed by atoms with van der Waals surface area (Å²) in [5.74, 6) is 0.531. The van der Waals surface area contributed by atoms with Crippen LogP contribution in [-0.4, -0.2) is 55.0 Å². The molecule has 0 fully saturated rings. The summed E-state index contributed by atoms with van der Waals surface area (Å²) in [5, 5.41) is 11.4. The molecular formula is C21H23ClN4O4S. The van der Waals surface area contributed by atoms with E-state index < -0.39 is 4.92 Å². The highest BCUT2D eigenvalue weighted by molar-refractivity contribution is 7.22. The zero-order valence-corrected chi connectivity index (χ0v) is 19.0. The molecule has 0 bridgehead atoms. The van der Waals surface area contributed by atoms with E-state index in [0.29, 0.717) is 23.8 Å². The second-order valence-electron chi connectivity index (χ2n) is 6.81. The van der Waals surface area contributed by atoms with Crippen LogP contribution in [-0.2, 0) is 4.79 Å². The minimum absolute atomic E-state index is 0. The van der Waals surface area contributed by atoms with E-state index in [1.807, 2.05) is 37.2 Å². The summed E-state index contributed by atoms with van der Waals surface area (Å²) in [5.41, 5.74) is 1.52.